The smallest absolute Gasteiger partial charge is 0.316 e. The second kappa shape index (κ2) is 5.71. The fourth-order valence-corrected chi connectivity index (χ4v) is 4.03. The van der Waals surface area contributed by atoms with E-state index in [1.165, 1.54) is 6.42 Å². The van der Waals surface area contributed by atoms with Gasteiger partial charge >= 0.3 is 6.01 Å². The van der Waals surface area contributed by atoms with Crippen LogP contribution in [0.1, 0.15) is 25.7 Å². The predicted molar refractivity (Wildman–Crippen MR) is 81.1 cm³/mol. The van der Waals surface area contributed by atoms with Gasteiger partial charge in [0.25, 0.3) is 0 Å². The minimum Gasteiger partial charge on any atom is -0.458 e. The molecule has 1 amide bonds. The molecule has 1 saturated carbocycles. The Balaban J connectivity index is 1.38. The van der Waals surface area contributed by atoms with E-state index in [0.717, 1.165) is 25.8 Å². The van der Waals surface area contributed by atoms with E-state index in [0.29, 0.717) is 30.3 Å². The van der Waals surface area contributed by atoms with Gasteiger partial charge in [0.2, 0.25) is 5.91 Å². The maximum Gasteiger partial charge on any atom is 0.316 e. The summed E-state index contributed by atoms with van der Waals surface area (Å²) in [6.07, 6.45) is 12.0. The largest absolute Gasteiger partial charge is 0.458 e. The van der Waals surface area contributed by atoms with Gasteiger partial charge in [0.15, 0.2) is 0 Å². The van der Waals surface area contributed by atoms with Crippen molar-refractivity contribution in [1.29, 1.82) is 0 Å². The summed E-state index contributed by atoms with van der Waals surface area (Å²) in [6.45, 7) is 1.51. The molecule has 4 rings (SSSR count). The van der Waals surface area contributed by atoms with Gasteiger partial charge < -0.3 is 9.64 Å². The molecule has 0 radical (unpaired) electrons. The van der Waals surface area contributed by atoms with Crippen LogP contribution in [0.5, 0.6) is 6.01 Å². The van der Waals surface area contributed by atoms with Crippen LogP contribution in [-0.2, 0) is 4.79 Å². The van der Waals surface area contributed by atoms with Crippen LogP contribution in [0.2, 0.25) is 0 Å². The van der Waals surface area contributed by atoms with E-state index in [9.17, 15) is 4.79 Å². The minimum absolute atomic E-state index is 0.00855. The summed E-state index contributed by atoms with van der Waals surface area (Å²) < 4.78 is 5.83. The van der Waals surface area contributed by atoms with Crippen molar-refractivity contribution in [1.82, 2.24) is 14.9 Å². The number of hydrogen-bond donors (Lipinski definition) is 0. The molecule has 4 atom stereocenters. The standard InChI is InChI=1S/C17H21N3O2/c21-16(15-10-12-4-5-13(15)9-12)20-8-1-3-14(11-20)22-17-18-6-2-7-19-17/h2,4-7,12-15H,1,3,8-11H2. The van der Waals surface area contributed by atoms with Crippen LogP contribution in [0.15, 0.2) is 30.6 Å². The van der Waals surface area contributed by atoms with Gasteiger partial charge in [-0.2, -0.15) is 0 Å². The molecule has 2 fully saturated rings. The molecular formula is C17H21N3O2. The molecule has 22 heavy (non-hydrogen) atoms. The van der Waals surface area contributed by atoms with Crippen molar-refractivity contribution in [2.45, 2.75) is 31.8 Å². The number of nitrogens with zero attached hydrogens (tertiary/aromatic N) is 3. The van der Waals surface area contributed by atoms with E-state index >= 15 is 0 Å². The van der Waals surface area contributed by atoms with Gasteiger partial charge in [-0.1, -0.05) is 12.2 Å². The Morgan fingerprint density at radius 1 is 1.23 bits per heavy atom. The number of hydrogen-bond acceptors (Lipinski definition) is 4. The fraction of sp³-hybridized carbons (Fsp3) is 0.588. The van der Waals surface area contributed by atoms with Crippen molar-refractivity contribution in [3.05, 3.63) is 30.6 Å². The van der Waals surface area contributed by atoms with E-state index in [1.54, 1.807) is 18.5 Å². The lowest BCUT2D eigenvalue weighted by Crippen LogP contribution is -2.47. The third-order valence-electron chi connectivity index (χ3n) is 5.10. The molecule has 3 aliphatic rings. The molecule has 4 unspecified atom stereocenters. The topological polar surface area (TPSA) is 55.3 Å². The van der Waals surface area contributed by atoms with E-state index in [-0.39, 0.29) is 12.0 Å². The summed E-state index contributed by atoms with van der Waals surface area (Å²) in [5.74, 6) is 1.62. The number of piperidine rings is 1. The number of rotatable bonds is 3. The van der Waals surface area contributed by atoms with Crippen LogP contribution in [0.4, 0.5) is 0 Å². The highest BCUT2D eigenvalue weighted by atomic mass is 16.5. The number of allylic oxidation sites excluding steroid dienone is 2. The first-order valence-electron chi connectivity index (χ1n) is 8.20. The van der Waals surface area contributed by atoms with Crippen molar-refractivity contribution in [2.24, 2.45) is 17.8 Å². The summed E-state index contributed by atoms with van der Waals surface area (Å²) in [6, 6.07) is 2.18. The monoisotopic (exact) mass is 299 g/mol. The summed E-state index contributed by atoms with van der Waals surface area (Å²) in [7, 11) is 0. The zero-order valence-corrected chi connectivity index (χ0v) is 12.6. The van der Waals surface area contributed by atoms with E-state index < -0.39 is 0 Å². The highest BCUT2D eigenvalue weighted by Crippen LogP contribution is 2.44. The summed E-state index contributed by atoms with van der Waals surface area (Å²) >= 11 is 0. The predicted octanol–water partition coefficient (Wildman–Crippen LogP) is 2.06. The molecule has 5 nitrogen and oxygen atoms in total. The summed E-state index contributed by atoms with van der Waals surface area (Å²) in [4.78, 5) is 23.0. The number of carbonyl (C=O) groups is 1. The number of ether oxygens (including phenoxy) is 1. The highest BCUT2D eigenvalue weighted by Gasteiger charge is 2.42. The van der Waals surface area contributed by atoms with E-state index in [2.05, 4.69) is 22.1 Å². The second-order valence-corrected chi connectivity index (χ2v) is 6.58. The SMILES string of the molecule is O=C(C1CC2C=CC1C2)N1CCCC(Oc2ncccn2)C1. The Morgan fingerprint density at radius 3 is 2.82 bits per heavy atom. The van der Waals surface area contributed by atoms with Crippen molar-refractivity contribution in [2.75, 3.05) is 13.1 Å². The van der Waals surface area contributed by atoms with Crippen LogP contribution in [0.25, 0.3) is 0 Å². The molecule has 1 aromatic rings. The second-order valence-electron chi connectivity index (χ2n) is 6.58. The number of aromatic nitrogens is 2. The Kier molecular flexibility index (Phi) is 3.56. The molecule has 1 saturated heterocycles. The first-order chi connectivity index (χ1) is 10.8. The molecule has 116 valence electrons. The van der Waals surface area contributed by atoms with Crippen LogP contribution >= 0.6 is 0 Å². The van der Waals surface area contributed by atoms with E-state index in [4.69, 9.17) is 4.74 Å². The van der Waals surface area contributed by atoms with Crippen LogP contribution in [0, 0.1) is 17.8 Å². The quantitative estimate of drug-likeness (QED) is 0.802. The molecule has 1 aliphatic heterocycles. The van der Waals surface area contributed by atoms with Gasteiger partial charge in [0.1, 0.15) is 6.10 Å². The molecule has 0 spiro atoms. The number of carbonyl (C=O) groups excluding carboxylic acids is 1. The van der Waals surface area contributed by atoms with Crippen molar-refractivity contribution >= 4 is 5.91 Å². The zero-order valence-electron chi connectivity index (χ0n) is 12.6. The normalized spacial score (nSPS) is 33.2. The lowest BCUT2D eigenvalue weighted by molar-refractivity contribution is -0.139. The zero-order chi connectivity index (χ0) is 14.9. The first kappa shape index (κ1) is 13.7. The number of amides is 1. The fourth-order valence-electron chi connectivity index (χ4n) is 4.03. The van der Waals surface area contributed by atoms with Gasteiger partial charge in [-0.05, 0) is 43.6 Å². The lowest BCUT2D eigenvalue weighted by Gasteiger charge is -2.35. The average Bonchev–Trinajstić information content (AvgIpc) is 3.18. The average molecular weight is 299 g/mol. The highest BCUT2D eigenvalue weighted by molar-refractivity contribution is 5.80. The summed E-state index contributed by atoms with van der Waals surface area (Å²) in [5, 5.41) is 0. The van der Waals surface area contributed by atoms with Crippen LogP contribution < -0.4 is 4.74 Å². The molecule has 5 heteroatoms. The van der Waals surface area contributed by atoms with Crippen molar-refractivity contribution in [3.63, 3.8) is 0 Å². The van der Waals surface area contributed by atoms with Gasteiger partial charge in [0.05, 0.1) is 6.54 Å². The molecule has 2 heterocycles. The van der Waals surface area contributed by atoms with Crippen LogP contribution in [0.3, 0.4) is 0 Å². The number of fused-ring (bicyclic) bond motifs is 2. The molecule has 2 bridgehead atoms. The molecule has 1 aromatic heterocycles. The Labute approximate surface area is 130 Å². The van der Waals surface area contributed by atoms with Crippen LogP contribution in [-0.4, -0.2) is 40.0 Å². The third kappa shape index (κ3) is 2.60. The van der Waals surface area contributed by atoms with Gasteiger partial charge in [-0.25, -0.2) is 9.97 Å². The van der Waals surface area contributed by atoms with Gasteiger partial charge in [-0.15, -0.1) is 0 Å². The minimum atomic E-state index is 0.00855. The molecule has 2 aliphatic carbocycles. The van der Waals surface area contributed by atoms with E-state index in [1.807, 2.05) is 4.90 Å². The van der Waals surface area contributed by atoms with Crippen molar-refractivity contribution in [3.8, 4) is 6.01 Å². The third-order valence-corrected chi connectivity index (χ3v) is 5.10. The lowest BCUT2D eigenvalue weighted by atomic mass is 9.91. The Bertz CT molecular complexity index is 575. The Morgan fingerprint density at radius 2 is 2.09 bits per heavy atom. The summed E-state index contributed by atoms with van der Waals surface area (Å²) in [5.41, 5.74) is 0. The molecule has 0 N–H and O–H groups in total. The van der Waals surface area contributed by atoms with Crippen molar-refractivity contribution < 1.29 is 9.53 Å². The first-order valence-corrected chi connectivity index (χ1v) is 8.20. The maximum absolute atomic E-state index is 12.8. The maximum atomic E-state index is 12.8. The number of likely N-dealkylation sites (tertiary alicyclic amines) is 1. The Hall–Kier alpha value is -1.91. The molecular weight excluding hydrogens is 278 g/mol. The van der Waals surface area contributed by atoms with Gasteiger partial charge in [0, 0.05) is 24.9 Å². The van der Waals surface area contributed by atoms with Gasteiger partial charge in [-0.3, -0.25) is 4.79 Å². The molecule has 0 aromatic carbocycles.